The minimum Gasteiger partial charge on any atom is -0.494 e. The molecule has 0 unspecified atom stereocenters. The fourth-order valence-electron chi connectivity index (χ4n) is 12.2. The Bertz CT molecular complexity index is 7000. The van der Waals surface area contributed by atoms with Crippen molar-refractivity contribution in [2.24, 2.45) is 0 Å². The van der Waals surface area contributed by atoms with Crippen molar-refractivity contribution in [1.82, 2.24) is 29.9 Å². The predicted octanol–water partition coefficient (Wildman–Crippen LogP) is 28.9. The molecule has 0 amide bonds. The van der Waals surface area contributed by atoms with Gasteiger partial charge in [-0.05, 0) is 181 Å². The van der Waals surface area contributed by atoms with E-state index in [1.54, 1.807) is 68.0 Å². The van der Waals surface area contributed by atoms with Gasteiger partial charge in [0.2, 0.25) is 0 Å². The van der Waals surface area contributed by atoms with Gasteiger partial charge in [-0.3, -0.25) is 0 Å². The summed E-state index contributed by atoms with van der Waals surface area (Å²) < 4.78 is 34.0. The van der Waals surface area contributed by atoms with Gasteiger partial charge in [-0.15, -0.1) is 68.0 Å². The SMILES string of the molecule is CC(C)Oc1ccc(OCc2nc(-c3ccccc3Cl)cs2)cc1.CCOc1ccc(OCc2nc(-c3ccccc3Cl)cs2)cc1.Cc1ccc(NCc2nc(-c3ccccc3Cl)cs2)cc1.Cc1ccc(OCc2nc(-c3ccccc3Cl)cs2)cc1.Cc1cccc(NCc2nc(-c3ccccc3Cl)cs2)c1.Clc1ccccc1-c1csc(COc2ccccc2)n1.O=C=O.O=C=O.O=C=O.O=C=O.O=C=O.O=C=O. The van der Waals surface area contributed by atoms with E-state index >= 15 is 0 Å². The number of carbonyl (C=O) groups excluding carboxylic acids is 12. The molecule has 0 fully saturated rings. The Kier molecular flexibility index (Phi) is 55.9. The maximum absolute atomic E-state index is 8.12. The molecule has 0 aliphatic heterocycles. The molecule has 148 heavy (non-hydrogen) atoms. The van der Waals surface area contributed by atoms with Crippen LogP contribution in [-0.2, 0) is 97.1 Å². The third kappa shape index (κ3) is 44.0. The van der Waals surface area contributed by atoms with E-state index in [0.29, 0.717) is 53.1 Å². The first-order valence-electron chi connectivity index (χ1n) is 43.7. The molecular weight excluding hydrogens is 2130 g/mol. The molecule has 756 valence electrons. The number of hydrogen-bond donors (Lipinski definition) is 2. The summed E-state index contributed by atoms with van der Waals surface area (Å²) in [5, 5.41) is 29.0. The largest absolute Gasteiger partial charge is 0.494 e. The lowest BCUT2D eigenvalue weighted by Crippen LogP contribution is -2.05. The second-order valence-electron chi connectivity index (χ2n) is 29.4. The van der Waals surface area contributed by atoms with E-state index in [4.69, 9.17) is 156 Å². The molecular formula is C110H90Cl6N8O18S6. The Morgan fingerprint density at radius 1 is 0.257 bits per heavy atom. The van der Waals surface area contributed by atoms with E-state index in [1.165, 1.54) is 16.7 Å². The van der Waals surface area contributed by atoms with Crippen LogP contribution < -0.4 is 39.1 Å². The third-order valence-corrected chi connectivity index (χ3v) is 25.7. The second kappa shape index (κ2) is 69.0. The maximum atomic E-state index is 8.12. The molecule has 0 spiro atoms. The van der Waals surface area contributed by atoms with Gasteiger partial charge in [0.1, 0.15) is 91.0 Å². The molecule has 0 bridgehead atoms. The smallest absolute Gasteiger partial charge is 0.373 e. The van der Waals surface area contributed by atoms with Crippen molar-refractivity contribution in [2.45, 2.75) is 87.2 Å². The number of rotatable bonds is 28. The average molecular weight is 2220 g/mol. The Morgan fingerprint density at radius 2 is 0.486 bits per heavy atom. The number of ether oxygens (including phenoxy) is 6. The van der Waals surface area contributed by atoms with Crippen LogP contribution in [0.2, 0.25) is 30.1 Å². The molecule has 2 N–H and O–H groups in total. The number of para-hydroxylation sites is 1. The molecule has 12 aromatic carbocycles. The lowest BCUT2D eigenvalue weighted by molar-refractivity contribution is -0.193. The number of halogens is 6. The molecule has 18 aromatic rings. The summed E-state index contributed by atoms with van der Waals surface area (Å²) >= 11 is 46.8. The number of thiazole rings is 6. The molecule has 0 aliphatic carbocycles. The van der Waals surface area contributed by atoms with Crippen molar-refractivity contribution >= 4 is 186 Å². The summed E-state index contributed by atoms with van der Waals surface area (Å²) in [5.41, 5.74) is 17.1. The molecule has 0 atom stereocenters. The predicted molar refractivity (Wildman–Crippen MR) is 577 cm³/mol. The van der Waals surface area contributed by atoms with Crippen molar-refractivity contribution in [3.63, 3.8) is 0 Å². The van der Waals surface area contributed by atoms with Gasteiger partial charge in [0.15, 0.2) is 0 Å². The van der Waals surface area contributed by atoms with Crippen LogP contribution in [0.3, 0.4) is 0 Å². The van der Waals surface area contributed by atoms with Gasteiger partial charge >= 0.3 is 36.9 Å². The summed E-state index contributed by atoms with van der Waals surface area (Å²) in [4.78, 5) is 125. The molecule has 0 saturated carbocycles. The van der Waals surface area contributed by atoms with Crippen LogP contribution in [0.1, 0.15) is 67.5 Å². The molecule has 26 nitrogen and oxygen atoms in total. The lowest BCUT2D eigenvalue weighted by Gasteiger charge is -2.10. The number of anilines is 2. The van der Waals surface area contributed by atoms with E-state index in [9.17, 15) is 0 Å². The van der Waals surface area contributed by atoms with Gasteiger partial charge in [0, 0.05) is 107 Å². The summed E-state index contributed by atoms with van der Waals surface area (Å²) in [6.07, 6.45) is 1.66. The number of benzene rings is 12. The molecule has 0 saturated heterocycles. The summed E-state index contributed by atoms with van der Waals surface area (Å²) in [5.74, 6) is 4.98. The molecule has 18 rings (SSSR count). The van der Waals surface area contributed by atoms with Crippen LogP contribution >= 0.6 is 138 Å². The highest BCUT2D eigenvalue weighted by atomic mass is 35.5. The number of aromatic nitrogens is 6. The van der Waals surface area contributed by atoms with Crippen molar-refractivity contribution in [2.75, 3.05) is 17.2 Å². The van der Waals surface area contributed by atoms with Crippen LogP contribution in [0, 0.1) is 20.8 Å². The van der Waals surface area contributed by atoms with Crippen molar-refractivity contribution < 1.29 is 86.0 Å². The zero-order chi connectivity index (χ0) is 107. The van der Waals surface area contributed by atoms with Gasteiger partial charge in [-0.1, -0.05) is 245 Å². The van der Waals surface area contributed by atoms with Gasteiger partial charge < -0.3 is 39.1 Å². The summed E-state index contributed by atoms with van der Waals surface area (Å²) in [7, 11) is 0. The quantitative estimate of drug-likeness (QED) is 0.0460. The van der Waals surface area contributed by atoms with E-state index in [-0.39, 0.29) is 43.0 Å². The zero-order valence-electron chi connectivity index (χ0n) is 79.5. The minimum absolute atomic E-state index is 0.162. The highest BCUT2D eigenvalue weighted by Gasteiger charge is 2.16. The van der Waals surface area contributed by atoms with Crippen molar-refractivity contribution in [3.8, 4) is 102 Å². The molecule has 38 heteroatoms. The first kappa shape index (κ1) is 120. The van der Waals surface area contributed by atoms with Crippen molar-refractivity contribution in [3.05, 3.63) is 406 Å². The number of aryl methyl sites for hydroxylation is 3. The Labute approximate surface area is 906 Å². The van der Waals surface area contributed by atoms with E-state index in [2.05, 4.69) is 115 Å². The first-order chi connectivity index (χ1) is 71.8. The number of nitrogens with one attached hydrogen (secondary N) is 2. The van der Waals surface area contributed by atoms with Crippen molar-refractivity contribution in [1.29, 1.82) is 0 Å². The third-order valence-electron chi connectivity index (χ3n) is 18.7. The summed E-state index contributed by atoms with van der Waals surface area (Å²) in [6, 6.07) is 96.1. The second-order valence-corrected chi connectivity index (χ2v) is 37.5. The minimum atomic E-state index is 0.162. The highest BCUT2D eigenvalue weighted by Crippen LogP contribution is 2.37. The van der Waals surface area contributed by atoms with Crippen LogP contribution in [-0.4, -0.2) is 79.5 Å². The highest BCUT2D eigenvalue weighted by molar-refractivity contribution is 7.11. The lowest BCUT2D eigenvalue weighted by atomic mass is 10.2. The van der Waals surface area contributed by atoms with Gasteiger partial charge in [0.25, 0.3) is 0 Å². The van der Waals surface area contributed by atoms with Crippen LogP contribution in [0.4, 0.5) is 11.4 Å². The molecule has 6 aromatic heterocycles. The molecule has 0 aliphatic rings. The fourth-order valence-corrected chi connectivity index (χ4v) is 17.9. The van der Waals surface area contributed by atoms with Crippen LogP contribution in [0.15, 0.2) is 330 Å². The van der Waals surface area contributed by atoms with Gasteiger partial charge in [-0.2, -0.15) is 57.5 Å². The Morgan fingerprint density at radius 3 is 0.757 bits per heavy atom. The van der Waals surface area contributed by atoms with Gasteiger partial charge in [-0.25, -0.2) is 29.9 Å². The standard InChI is InChI=1S/C19H18ClNO2S.C18H16ClNO2S.2C17H15ClN2S.C17H14ClNOS.C16H12ClNOS.6CO2/c1-13(2)23-15-9-7-14(8-10-15)22-11-19-21-18(12-24-19)16-5-3-4-6-17(16)20;1-2-21-13-7-9-14(10-8-13)22-11-18-20-17(12-23-18)15-5-3-4-6-16(15)19;1-12-5-4-6-13(9-12)19-10-17-20-16(11-21-17)14-7-2-3-8-15(14)18;1-12-6-8-13(9-7-12)19-10-17-20-16(11-21-17)14-4-2-3-5-15(14)18;1-12-6-8-13(9-7-12)20-10-17-19-16(11-21-17)14-4-2-3-5-15(14)18;17-14-9-5-4-8-13(14)15-11-20-16(18-15)10-19-12-6-2-1-3-7-12;6*2-1-3/h3-10,12-13H,11H2,1-2H3;3-10,12H,2,11H2,1H3;2*2-9,11,19H,10H2,1H3;2-9,11H,10H2,1H3;1-9,11H,10H2;;;;;;. The van der Waals surface area contributed by atoms with Gasteiger partial charge in [0.05, 0.1) is 60.0 Å². The Hall–Kier alpha value is -15.2. The fraction of sp³-hybridized carbons (Fsp3) is 0.127. The first-order valence-corrected chi connectivity index (χ1v) is 51.3. The molecule has 0 radical (unpaired) electrons. The van der Waals surface area contributed by atoms with E-state index < -0.39 is 0 Å². The summed E-state index contributed by atoms with van der Waals surface area (Å²) in [6.45, 7) is 16.1. The number of nitrogens with zero attached hydrogens (tertiary/aromatic N) is 6. The average Bonchev–Trinajstić information content (AvgIpc) is 1.72. The normalized spacial score (nSPS) is 9.63. The maximum Gasteiger partial charge on any atom is 0.373 e. The molecule has 6 heterocycles. The van der Waals surface area contributed by atoms with Crippen LogP contribution in [0.5, 0.6) is 34.5 Å². The zero-order valence-corrected chi connectivity index (χ0v) is 89.0. The number of hydrogen-bond acceptors (Lipinski definition) is 32. The van der Waals surface area contributed by atoms with E-state index in [1.807, 2.05) is 296 Å². The topological polar surface area (TPSA) is 362 Å². The van der Waals surface area contributed by atoms with E-state index in [0.717, 1.165) is 167 Å². The monoisotopic (exact) mass is 2210 g/mol. The Balaban J connectivity index is 0.000000232. The van der Waals surface area contributed by atoms with Crippen LogP contribution in [0.25, 0.3) is 67.5 Å².